The van der Waals surface area contributed by atoms with Crippen LogP contribution < -0.4 is 9.62 Å². The molecule has 0 aromatic heterocycles. The Morgan fingerprint density at radius 3 is 2.36 bits per heavy atom. The number of hydrogen-bond donors (Lipinski definition) is 2. The summed E-state index contributed by atoms with van der Waals surface area (Å²) in [5, 5.41) is 9.31. The van der Waals surface area contributed by atoms with Crippen molar-refractivity contribution in [3.05, 3.63) is 59.7 Å². The van der Waals surface area contributed by atoms with Gasteiger partial charge in [0, 0.05) is 26.2 Å². The number of aromatic carboxylic acids is 1. The molecule has 1 heterocycles. The largest absolute Gasteiger partial charge is 0.478 e. The third-order valence-electron chi connectivity index (χ3n) is 4.87. The fourth-order valence-electron chi connectivity index (χ4n) is 3.33. The molecule has 0 unspecified atom stereocenters. The highest BCUT2D eigenvalue weighted by Crippen LogP contribution is 2.30. The summed E-state index contributed by atoms with van der Waals surface area (Å²) in [6.45, 7) is 6.37. The minimum atomic E-state index is -3.69. The van der Waals surface area contributed by atoms with Crippen LogP contribution in [0.4, 0.5) is 11.4 Å². The lowest BCUT2D eigenvalue weighted by molar-refractivity contribution is 0.0697. The number of piperazine rings is 1. The van der Waals surface area contributed by atoms with E-state index in [2.05, 4.69) is 21.4 Å². The molecule has 0 aliphatic carbocycles. The van der Waals surface area contributed by atoms with Crippen molar-refractivity contribution in [2.24, 2.45) is 0 Å². The third kappa shape index (κ3) is 5.02. The highest BCUT2D eigenvalue weighted by molar-refractivity contribution is 7.91. The van der Waals surface area contributed by atoms with Gasteiger partial charge in [-0.3, -0.25) is 4.72 Å². The van der Waals surface area contributed by atoms with Crippen LogP contribution >= 0.6 is 0 Å². The van der Waals surface area contributed by atoms with Gasteiger partial charge in [-0.2, -0.15) is 0 Å². The first-order valence-electron chi connectivity index (χ1n) is 9.27. The first kappa shape index (κ1) is 20.2. The van der Waals surface area contributed by atoms with Crippen LogP contribution in [-0.4, -0.2) is 57.1 Å². The lowest BCUT2D eigenvalue weighted by Gasteiger charge is -2.36. The molecule has 1 aliphatic heterocycles. The molecule has 1 fully saturated rings. The molecule has 28 heavy (non-hydrogen) atoms. The smallest absolute Gasteiger partial charge is 0.335 e. The van der Waals surface area contributed by atoms with Gasteiger partial charge in [0.2, 0.25) is 10.0 Å². The van der Waals surface area contributed by atoms with Gasteiger partial charge >= 0.3 is 5.97 Å². The summed E-state index contributed by atoms with van der Waals surface area (Å²) in [5.41, 5.74) is 1.73. The van der Waals surface area contributed by atoms with Gasteiger partial charge in [-0.1, -0.05) is 37.3 Å². The van der Waals surface area contributed by atoms with Crippen molar-refractivity contribution < 1.29 is 18.3 Å². The lowest BCUT2D eigenvalue weighted by Crippen LogP contribution is -2.46. The number of carbonyl (C=O) groups is 1. The van der Waals surface area contributed by atoms with Crippen molar-refractivity contribution in [3.63, 3.8) is 0 Å². The standard InChI is InChI=1S/C20H25N3O4S/c1-2-22-10-12-23(13-11-22)19-9-8-17(20(24)25)14-18(19)21-28(26,27)15-16-6-4-3-5-7-16/h3-9,14,21H,2,10-13,15H2,1H3,(H,24,25). The lowest BCUT2D eigenvalue weighted by atomic mass is 10.1. The van der Waals surface area contributed by atoms with E-state index in [9.17, 15) is 18.3 Å². The topological polar surface area (TPSA) is 89.9 Å². The van der Waals surface area contributed by atoms with Crippen LogP contribution in [0.2, 0.25) is 0 Å². The van der Waals surface area contributed by atoms with Gasteiger partial charge in [-0.05, 0) is 30.3 Å². The van der Waals surface area contributed by atoms with Crippen molar-refractivity contribution in [2.45, 2.75) is 12.7 Å². The Bertz CT molecular complexity index is 924. The summed E-state index contributed by atoms with van der Waals surface area (Å²) in [6, 6.07) is 13.5. The van der Waals surface area contributed by atoms with Gasteiger partial charge in [0.05, 0.1) is 22.7 Å². The highest BCUT2D eigenvalue weighted by Gasteiger charge is 2.22. The molecule has 0 spiro atoms. The van der Waals surface area contributed by atoms with E-state index in [1.165, 1.54) is 12.1 Å². The van der Waals surface area contributed by atoms with E-state index in [4.69, 9.17) is 0 Å². The van der Waals surface area contributed by atoms with Crippen molar-refractivity contribution >= 4 is 27.4 Å². The van der Waals surface area contributed by atoms with Gasteiger partial charge in [0.1, 0.15) is 0 Å². The minimum absolute atomic E-state index is 0.0494. The summed E-state index contributed by atoms with van der Waals surface area (Å²) in [7, 11) is -3.69. The van der Waals surface area contributed by atoms with Crippen LogP contribution in [0, 0.1) is 0 Å². The molecule has 150 valence electrons. The number of hydrogen-bond acceptors (Lipinski definition) is 5. The molecule has 1 saturated heterocycles. The molecule has 1 aliphatic rings. The summed E-state index contributed by atoms with van der Waals surface area (Å²) in [5.74, 6) is -1.26. The van der Waals surface area contributed by atoms with Gasteiger partial charge in [0.15, 0.2) is 0 Å². The Hall–Kier alpha value is -2.58. The number of benzene rings is 2. The number of likely N-dealkylation sites (N-methyl/N-ethyl adjacent to an activating group) is 1. The molecule has 0 bridgehead atoms. The Morgan fingerprint density at radius 2 is 1.75 bits per heavy atom. The average Bonchev–Trinajstić information content (AvgIpc) is 2.68. The first-order chi connectivity index (χ1) is 13.4. The summed E-state index contributed by atoms with van der Waals surface area (Å²) in [6.07, 6.45) is 0. The number of carboxylic acid groups (broad SMARTS) is 1. The minimum Gasteiger partial charge on any atom is -0.478 e. The Kier molecular flexibility index (Phi) is 6.21. The van der Waals surface area contributed by atoms with Gasteiger partial charge < -0.3 is 14.9 Å². The molecule has 2 aromatic carbocycles. The highest BCUT2D eigenvalue weighted by atomic mass is 32.2. The quantitative estimate of drug-likeness (QED) is 0.738. The van der Waals surface area contributed by atoms with Crippen molar-refractivity contribution in [1.82, 2.24) is 4.90 Å². The van der Waals surface area contributed by atoms with E-state index in [0.717, 1.165) is 32.7 Å². The Balaban J connectivity index is 1.87. The van der Waals surface area contributed by atoms with E-state index in [1.807, 2.05) is 6.07 Å². The molecular weight excluding hydrogens is 378 g/mol. The van der Waals surface area contributed by atoms with Gasteiger partial charge in [-0.15, -0.1) is 0 Å². The Morgan fingerprint density at radius 1 is 1.07 bits per heavy atom. The second kappa shape index (κ2) is 8.62. The first-order valence-corrected chi connectivity index (χ1v) is 10.9. The maximum atomic E-state index is 12.7. The number of carboxylic acids is 1. The summed E-state index contributed by atoms with van der Waals surface area (Å²) < 4.78 is 28.0. The molecular formula is C20H25N3O4S. The van der Waals surface area contributed by atoms with Crippen LogP contribution in [0.25, 0.3) is 0 Å². The maximum absolute atomic E-state index is 12.7. The van der Waals surface area contributed by atoms with Crippen molar-refractivity contribution in [1.29, 1.82) is 0 Å². The molecule has 0 amide bonds. The van der Waals surface area contributed by atoms with Crippen molar-refractivity contribution in [2.75, 3.05) is 42.3 Å². The van der Waals surface area contributed by atoms with Crippen LogP contribution in [0.5, 0.6) is 0 Å². The fraction of sp³-hybridized carbons (Fsp3) is 0.350. The molecule has 2 N–H and O–H groups in total. The number of nitrogens with zero attached hydrogens (tertiary/aromatic N) is 2. The van der Waals surface area contributed by atoms with E-state index in [1.54, 1.807) is 30.3 Å². The monoisotopic (exact) mass is 403 g/mol. The number of sulfonamides is 1. The zero-order valence-electron chi connectivity index (χ0n) is 15.8. The predicted octanol–water partition coefficient (Wildman–Crippen LogP) is 2.47. The molecule has 3 rings (SSSR count). The van der Waals surface area contributed by atoms with E-state index in [-0.39, 0.29) is 11.3 Å². The molecule has 0 atom stereocenters. The molecule has 0 saturated carbocycles. The summed E-state index contributed by atoms with van der Waals surface area (Å²) >= 11 is 0. The molecule has 2 aromatic rings. The van der Waals surface area contributed by atoms with Crippen LogP contribution in [0.1, 0.15) is 22.8 Å². The van der Waals surface area contributed by atoms with E-state index < -0.39 is 16.0 Å². The zero-order valence-corrected chi connectivity index (χ0v) is 16.7. The second-order valence-corrected chi connectivity index (χ2v) is 8.53. The average molecular weight is 404 g/mol. The summed E-state index contributed by atoms with van der Waals surface area (Å²) in [4.78, 5) is 15.8. The third-order valence-corrected chi connectivity index (χ3v) is 6.11. The number of nitrogens with one attached hydrogen (secondary N) is 1. The van der Waals surface area contributed by atoms with Gasteiger partial charge in [0.25, 0.3) is 0 Å². The second-order valence-electron chi connectivity index (χ2n) is 6.81. The fourth-order valence-corrected chi connectivity index (χ4v) is 4.53. The molecule has 7 nitrogen and oxygen atoms in total. The van der Waals surface area contributed by atoms with Crippen LogP contribution in [-0.2, 0) is 15.8 Å². The molecule has 0 radical (unpaired) electrons. The van der Waals surface area contributed by atoms with Gasteiger partial charge in [-0.25, -0.2) is 13.2 Å². The van der Waals surface area contributed by atoms with Crippen LogP contribution in [0.15, 0.2) is 48.5 Å². The normalized spacial score (nSPS) is 15.4. The SMILES string of the molecule is CCN1CCN(c2ccc(C(=O)O)cc2NS(=O)(=O)Cc2ccccc2)CC1. The van der Waals surface area contributed by atoms with E-state index in [0.29, 0.717) is 16.9 Å². The van der Waals surface area contributed by atoms with E-state index >= 15 is 0 Å². The predicted molar refractivity (Wildman–Crippen MR) is 110 cm³/mol. The molecule has 8 heteroatoms. The zero-order chi connectivity index (χ0) is 20.1. The number of anilines is 2. The maximum Gasteiger partial charge on any atom is 0.335 e. The van der Waals surface area contributed by atoms with Crippen LogP contribution in [0.3, 0.4) is 0 Å². The Labute approximate surface area is 165 Å². The van der Waals surface area contributed by atoms with Crippen molar-refractivity contribution in [3.8, 4) is 0 Å². The number of rotatable bonds is 7.